The van der Waals surface area contributed by atoms with Crippen LogP contribution >= 0.6 is 0 Å². The Bertz CT molecular complexity index is 496. The first-order valence-electron chi connectivity index (χ1n) is 7.67. The lowest BCUT2D eigenvalue weighted by molar-refractivity contribution is 0.0696. The average Bonchev–Trinajstić information content (AvgIpc) is 2.47. The Morgan fingerprint density at radius 1 is 1.43 bits per heavy atom. The van der Waals surface area contributed by atoms with Gasteiger partial charge < -0.3 is 14.9 Å². The topological polar surface area (TPSA) is 56.7 Å². The molecule has 116 valence electrons. The molecule has 5 heteroatoms. The van der Waals surface area contributed by atoms with E-state index < -0.39 is 5.97 Å². The molecular weight excluding hydrogens is 266 g/mol. The van der Waals surface area contributed by atoms with Gasteiger partial charge in [-0.2, -0.15) is 0 Å². The molecule has 1 saturated heterocycles. The molecule has 1 aromatic rings. The van der Waals surface area contributed by atoms with Crippen molar-refractivity contribution in [2.24, 2.45) is 0 Å². The van der Waals surface area contributed by atoms with Crippen molar-refractivity contribution in [1.82, 2.24) is 9.88 Å². The van der Waals surface area contributed by atoms with Gasteiger partial charge in [0.05, 0.1) is 5.56 Å². The Hall–Kier alpha value is -1.62. The zero-order valence-corrected chi connectivity index (χ0v) is 13.2. The largest absolute Gasteiger partial charge is 0.478 e. The van der Waals surface area contributed by atoms with Crippen molar-refractivity contribution in [3.05, 3.63) is 23.4 Å². The lowest BCUT2D eigenvalue weighted by Gasteiger charge is -2.36. The molecule has 0 spiro atoms. The van der Waals surface area contributed by atoms with Gasteiger partial charge in [-0.15, -0.1) is 0 Å². The quantitative estimate of drug-likeness (QED) is 0.902. The summed E-state index contributed by atoms with van der Waals surface area (Å²) in [6.45, 7) is 4.24. The van der Waals surface area contributed by atoms with Crippen LogP contribution in [0.2, 0.25) is 0 Å². The number of likely N-dealkylation sites (tertiary alicyclic amines) is 1. The summed E-state index contributed by atoms with van der Waals surface area (Å²) in [5.41, 5.74) is 1.20. The maximum Gasteiger partial charge on any atom is 0.335 e. The molecule has 1 aromatic heterocycles. The molecule has 2 rings (SSSR count). The van der Waals surface area contributed by atoms with E-state index in [1.165, 1.54) is 0 Å². The number of carboxylic acids is 1. The molecule has 0 aromatic carbocycles. The van der Waals surface area contributed by atoms with Crippen molar-refractivity contribution in [2.75, 3.05) is 32.1 Å². The number of nitrogens with zero attached hydrogens (tertiary/aromatic N) is 3. The number of aromatic carboxylic acids is 1. The number of pyridine rings is 1. The lowest BCUT2D eigenvalue weighted by Crippen LogP contribution is -2.42. The minimum Gasteiger partial charge on any atom is -0.478 e. The molecule has 0 amide bonds. The summed E-state index contributed by atoms with van der Waals surface area (Å²) in [5, 5.41) is 9.28. The van der Waals surface area contributed by atoms with Crippen molar-refractivity contribution in [3.8, 4) is 0 Å². The fourth-order valence-corrected chi connectivity index (χ4v) is 2.83. The van der Waals surface area contributed by atoms with E-state index in [2.05, 4.69) is 28.8 Å². The number of carbonyl (C=O) groups is 1. The van der Waals surface area contributed by atoms with Crippen LogP contribution in [0.25, 0.3) is 0 Å². The van der Waals surface area contributed by atoms with Crippen LogP contribution in [-0.4, -0.2) is 54.2 Å². The molecule has 1 aliphatic rings. The minimum atomic E-state index is -0.882. The number of hydrogen-bond donors (Lipinski definition) is 1. The number of piperidine rings is 1. The molecule has 2 heterocycles. The second kappa shape index (κ2) is 6.89. The first-order valence-corrected chi connectivity index (χ1v) is 7.67. The van der Waals surface area contributed by atoms with Crippen LogP contribution in [0.4, 0.5) is 5.82 Å². The van der Waals surface area contributed by atoms with Gasteiger partial charge >= 0.3 is 5.97 Å². The van der Waals surface area contributed by atoms with Gasteiger partial charge in [-0.25, -0.2) is 9.78 Å². The standard InChI is InChI=1S/C16H25N3O2/c1-4-5-13-10-12(16(20)21)11-15(17-13)19(3)14-6-8-18(2)9-7-14/h10-11,14H,4-9H2,1-3H3,(H,20,21). The van der Waals surface area contributed by atoms with Gasteiger partial charge in [0.1, 0.15) is 5.82 Å². The minimum absolute atomic E-state index is 0.336. The maximum absolute atomic E-state index is 11.3. The van der Waals surface area contributed by atoms with Crippen molar-refractivity contribution in [3.63, 3.8) is 0 Å². The Morgan fingerprint density at radius 2 is 2.10 bits per heavy atom. The zero-order valence-electron chi connectivity index (χ0n) is 13.2. The Labute approximate surface area is 126 Å². The normalized spacial score (nSPS) is 16.9. The molecule has 1 fully saturated rings. The van der Waals surface area contributed by atoms with Crippen LogP contribution in [-0.2, 0) is 6.42 Å². The van der Waals surface area contributed by atoms with E-state index in [1.54, 1.807) is 12.1 Å². The SMILES string of the molecule is CCCc1cc(C(=O)O)cc(N(C)C2CCN(C)CC2)n1. The second-order valence-electron chi connectivity index (χ2n) is 5.91. The molecule has 0 atom stereocenters. The van der Waals surface area contributed by atoms with Crippen molar-refractivity contribution in [1.29, 1.82) is 0 Å². The highest BCUT2D eigenvalue weighted by atomic mass is 16.4. The van der Waals surface area contributed by atoms with E-state index in [4.69, 9.17) is 0 Å². The third-order valence-corrected chi connectivity index (χ3v) is 4.22. The van der Waals surface area contributed by atoms with Crippen LogP contribution in [0.3, 0.4) is 0 Å². The number of anilines is 1. The molecule has 5 nitrogen and oxygen atoms in total. The summed E-state index contributed by atoms with van der Waals surface area (Å²) < 4.78 is 0. The van der Waals surface area contributed by atoms with Crippen LogP contribution in [0, 0.1) is 0 Å². The van der Waals surface area contributed by atoms with E-state index in [9.17, 15) is 9.90 Å². The van der Waals surface area contributed by atoms with Gasteiger partial charge in [0.25, 0.3) is 0 Å². The van der Waals surface area contributed by atoms with Crippen LogP contribution in [0.5, 0.6) is 0 Å². The maximum atomic E-state index is 11.3. The number of aromatic nitrogens is 1. The van der Waals surface area contributed by atoms with Gasteiger partial charge in [0.15, 0.2) is 0 Å². The van der Waals surface area contributed by atoms with Gasteiger partial charge in [0, 0.05) is 18.8 Å². The predicted molar refractivity (Wildman–Crippen MR) is 84.1 cm³/mol. The van der Waals surface area contributed by atoms with Gasteiger partial charge in [0.2, 0.25) is 0 Å². The Morgan fingerprint density at radius 3 is 2.67 bits per heavy atom. The van der Waals surface area contributed by atoms with E-state index in [-0.39, 0.29) is 0 Å². The van der Waals surface area contributed by atoms with E-state index in [0.717, 1.165) is 50.3 Å². The first kappa shape index (κ1) is 15.8. The highest BCUT2D eigenvalue weighted by molar-refractivity contribution is 5.88. The van der Waals surface area contributed by atoms with Crippen molar-refractivity contribution in [2.45, 2.75) is 38.6 Å². The molecule has 0 unspecified atom stereocenters. The molecular formula is C16H25N3O2. The Kier molecular flexibility index (Phi) is 5.17. The monoisotopic (exact) mass is 291 g/mol. The van der Waals surface area contributed by atoms with E-state index in [0.29, 0.717) is 11.6 Å². The summed E-state index contributed by atoms with van der Waals surface area (Å²) in [7, 11) is 4.17. The number of aryl methyl sites for hydroxylation is 1. The smallest absolute Gasteiger partial charge is 0.335 e. The molecule has 0 bridgehead atoms. The molecule has 0 aliphatic carbocycles. The third kappa shape index (κ3) is 3.94. The first-order chi connectivity index (χ1) is 10.0. The summed E-state index contributed by atoms with van der Waals surface area (Å²) >= 11 is 0. The molecule has 1 N–H and O–H groups in total. The molecule has 0 radical (unpaired) electrons. The zero-order chi connectivity index (χ0) is 15.4. The summed E-state index contributed by atoms with van der Waals surface area (Å²) in [6, 6.07) is 3.82. The fourth-order valence-electron chi connectivity index (χ4n) is 2.83. The number of carboxylic acid groups (broad SMARTS) is 1. The number of hydrogen-bond acceptors (Lipinski definition) is 4. The fraction of sp³-hybridized carbons (Fsp3) is 0.625. The second-order valence-corrected chi connectivity index (χ2v) is 5.91. The van der Waals surface area contributed by atoms with Crippen LogP contribution < -0.4 is 4.90 Å². The number of rotatable bonds is 5. The van der Waals surface area contributed by atoms with E-state index >= 15 is 0 Å². The third-order valence-electron chi connectivity index (χ3n) is 4.22. The summed E-state index contributed by atoms with van der Waals surface area (Å²) in [4.78, 5) is 20.4. The summed E-state index contributed by atoms with van der Waals surface area (Å²) in [6.07, 6.45) is 3.97. The molecule has 21 heavy (non-hydrogen) atoms. The van der Waals surface area contributed by atoms with Gasteiger partial charge in [-0.05, 0) is 51.5 Å². The van der Waals surface area contributed by atoms with E-state index in [1.807, 2.05) is 7.05 Å². The van der Waals surface area contributed by atoms with Gasteiger partial charge in [-0.3, -0.25) is 0 Å². The molecule has 1 aliphatic heterocycles. The van der Waals surface area contributed by atoms with Gasteiger partial charge in [-0.1, -0.05) is 13.3 Å². The average molecular weight is 291 g/mol. The molecule has 0 saturated carbocycles. The Balaban J connectivity index is 2.22. The highest BCUT2D eigenvalue weighted by Gasteiger charge is 2.22. The van der Waals surface area contributed by atoms with Crippen LogP contribution in [0.15, 0.2) is 12.1 Å². The predicted octanol–water partition coefficient (Wildman–Crippen LogP) is 2.26. The summed E-state index contributed by atoms with van der Waals surface area (Å²) in [5.74, 6) is -0.0966. The van der Waals surface area contributed by atoms with Crippen LogP contribution in [0.1, 0.15) is 42.2 Å². The van der Waals surface area contributed by atoms with Crippen molar-refractivity contribution < 1.29 is 9.90 Å². The highest BCUT2D eigenvalue weighted by Crippen LogP contribution is 2.22. The van der Waals surface area contributed by atoms with Crippen molar-refractivity contribution >= 4 is 11.8 Å². The lowest BCUT2D eigenvalue weighted by atomic mass is 10.0.